The Bertz CT molecular complexity index is 785. The fraction of sp³-hybridized carbons (Fsp3) is 0.176. The first-order valence-electron chi connectivity index (χ1n) is 7.35. The molecule has 0 heterocycles. The van der Waals surface area contributed by atoms with E-state index in [0.717, 1.165) is 12.1 Å². The molecule has 0 aromatic heterocycles. The van der Waals surface area contributed by atoms with Gasteiger partial charge in [-0.05, 0) is 55.0 Å². The second kappa shape index (κ2) is 9.10. The molecule has 0 aliphatic carbocycles. The molecule has 26 heavy (non-hydrogen) atoms. The van der Waals surface area contributed by atoms with Crippen LogP contribution >= 0.6 is 11.6 Å². The van der Waals surface area contributed by atoms with E-state index in [1.807, 2.05) is 0 Å². The van der Waals surface area contributed by atoms with Gasteiger partial charge < -0.3 is 14.9 Å². The van der Waals surface area contributed by atoms with Gasteiger partial charge in [-0.1, -0.05) is 16.8 Å². The van der Waals surface area contributed by atoms with Crippen molar-refractivity contribution in [3.63, 3.8) is 0 Å². The summed E-state index contributed by atoms with van der Waals surface area (Å²) in [6.45, 7) is -1.43. The van der Waals surface area contributed by atoms with Gasteiger partial charge in [-0.25, -0.2) is 4.39 Å². The molecule has 0 aliphatic heterocycles. The maximum absolute atomic E-state index is 13.0. The summed E-state index contributed by atoms with van der Waals surface area (Å²) in [5.74, 6) is -1.04. The molecule has 0 saturated heterocycles. The van der Waals surface area contributed by atoms with Crippen molar-refractivity contribution in [1.29, 1.82) is 0 Å². The summed E-state index contributed by atoms with van der Waals surface area (Å²) in [6, 6.07) is 9.24. The number of hydrogen-bond acceptors (Lipinski definition) is 4. The number of ether oxygens (including phenoxy) is 1. The first-order chi connectivity index (χ1) is 12.3. The molecular formula is C17H14ClF3N2O3. The summed E-state index contributed by atoms with van der Waals surface area (Å²) in [5.41, 5.74) is 0.799. The van der Waals surface area contributed by atoms with Crippen LogP contribution in [0.5, 0.6) is 5.75 Å². The highest BCUT2D eigenvalue weighted by atomic mass is 35.5. The first kappa shape index (κ1) is 19.6. The Balaban J connectivity index is 1.87. The molecule has 0 aliphatic rings. The van der Waals surface area contributed by atoms with E-state index >= 15 is 0 Å². The van der Waals surface area contributed by atoms with E-state index in [1.165, 1.54) is 43.5 Å². The molecule has 138 valence electrons. The molecule has 9 heteroatoms. The van der Waals surface area contributed by atoms with E-state index in [0.29, 0.717) is 5.56 Å². The van der Waals surface area contributed by atoms with Crippen molar-refractivity contribution < 1.29 is 27.5 Å². The van der Waals surface area contributed by atoms with Gasteiger partial charge >= 0.3 is 6.61 Å². The Morgan fingerprint density at radius 3 is 2.54 bits per heavy atom. The molecule has 0 fully saturated rings. The first-order valence-corrected chi connectivity index (χ1v) is 7.73. The van der Waals surface area contributed by atoms with Gasteiger partial charge in [0.15, 0.2) is 0 Å². The highest BCUT2D eigenvalue weighted by molar-refractivity contribution is 6.33. The Kier molecular flexibility index (Phi) is 6.85. The zero-order valence-electron chi connectivity index (χ0n) is 13.5. The number of nitrogens with zero attached hydrogens (tertiary/aromatic N) is 1. The Morgan fingerprint density at radius 1 is 1.23 bits per heavy atom. The largest absolute Gasteiger partial charge is 0.435 e. The minimum Gasteiger partial charge on any atom is -0.435 e. The lowest BCUT2D eigenvalue weighted by molar-refractivity contribution is -0.126. The van der Waals surface area contributed by atoms with Crippen LogP contribution in [0.2, 0.25) is 5.02 Å². The van der Waals surface area contributed by atoms with Crippen molar-refractivity contribution in [2.45, 2.75) is 19.6 Å². The summed E-state index contributed by atoms with van der Waals surface area (Å²) in [6.07, 6.45) is 0.356. The average molecular weight is 387 g/mol. The topological polar surface area (TPSA) is 59.9 Å². The number of nitrogens with one attached hydrogen (secondary N) is 1. The van der Waals surface area contributed by atoms with Crippen molar-refractivity contribution >= 4 is 29.4 Å². The van der Waals surface area contributed by atoms with E-state index < -0.39 is 24.4 Å². The second-order valence-electron chi connectivity index (χ2n) is 5.04. The predicted molar refractivity (Wildman–Crippen MR) is 91.3 cm³/mol. The van der Waals surface area contributed by atoms with E-state index in [-0.39, 0.29) is 16.5 Å². The molecule has 1 atom stereocenters. The lowest BCUT2D eigenvalue weighted by Gasteiger charge is -2.11. The van der Waals surface area contributed by atoms with Crippen molar-refractivity contribution in [1.82, 2.24) is 0 Å². The van der Waals surface area contributed by atoms with Crippen molar-refractivity contribution in [2.75, 3.05) is 5.32 Å². The van der Waals surface area contributed by atoms with Gasteiger partial charge in [0.05, 0.1) is 16.9 Å². The van der Waals surface area contributed by atoms with E-state index in [1.54, 1.807) is 0 Å². The summed E-state index contributed by atoms with van der Waals surface area (Å²) >= 11 is 5.82. The van der Waals surface area contributed by atoms with Gasteiger partial charge in [-0.3, -0.25) is 4.79 Å². The van der Waals surface area contributed by atoms with E-state index in [2.05, 4.69) is 15.2 Å². The number of halogens is 4. The van der Waals surface area contributed by atoms with Gasteiger partial charge in [0, 0.05) is 0 Å². The molecule has 1 amide bonds. The van der Waals surface area contributed by atoms with Crippen molar-refractivity contribution in [3.8, 4) is 5.75 Å². The normalized spacial score (nSPS) is 12.2. The van der Waals surface area contributed by atoms with Gasteiger partial charge in [0.2, 0.25) is 6.10 Å². The Hall–Kier alpha value is -2.74. The summed E-state index contributed by atoms with van der Waals surface area (Å²) < 4.78 is 41.3. The number of carbonyl (C=O) groups excluding carboxylic acids is 1. The van der Waals surface area contributed by atoms with Crippen molar-refractivity contribution in [2.24, 2.45) is 5.16 Å². The molecule has 0 saturated carbocycles. The molecular weight excluding hydrogens is 373 g/mol. The number of benzene rings is 2. The fourth-order valence-electron chi connectivity index (χ4n) is 1.79. The third-order valence-electron chi connectivity index (χ3n) is 3.08. The molecule has 2 aromatic rings. The van der Waals surface area contributed by atoms with E-state index in [4.69, 9.17) is 16.4 Å². The van der Waals surface area contributed by atoms with Crippen LogP contribution < -0.4 is 10.1 Å². The number of anilines is 1. The lowest BCUT2D eigenvalue weighted by Crippen LogP contribution is -2.26. The van der Waals surface area contributed by atoms with E-state index in [9.17, 15) is 18.0 Å². The maximum Gasteiger partial charge on any atom is 0.387 e. The van der Waals surface area contributed by atoms with Crippen LogP contribution in [0.3, 0.4) is 0 Å². The third kappa shape index (κ3) is 5.96. The number of rotatable bonds is 7. The third-order valence-corrected chi connectivity index (χ3v) is 3.40. The summed E-state index contributed by atoms with van der Waals surface area (Å²) in [4.78, 5) is 17.0. The Labute approximate surface area is 152 Å². The van der Waals surface area contributed by atoms with Crippen LogP contribution in [0.25, 0.3) is 0 Å². The van der Waals surface area contributed by atoms with Gasteiger partial charge in [0.25, 0.3) is 5.91 Å². The number of oxime groups is 1. The summed E-state index contributed by atoms with van der Waals surface area (Å²) in [7, 11) is 0. The molecule has 0 radical (unpaired) electrons. The average Bonchev–Trinajstić information content (AvgIpc) is 2.58. The van der Waals surface area contributed by atoms with Gasteiger partial charge in [-0.2, -0.15) is 8.78 Å². The lowest BCUT2D eigenvalue weighted by atomic mass is 10.2. The SMILES string of the molecule is C[C@@H](O/N=C\c1ccc(OC(F)F)cc1)C(=O)Nc1ccc(F)cc1Cl. The molecule has 0 bridgehead atoms. The molecule has 1 N–H and O–H groups in total. The van der Waals surface area contributed by atoms with Crippen LogP contribution in [-0.2, 0) is 9.63 Å². The molecule has 0 spiro atoms. The van der Waals surface area contributed by atoms with Crippen molar-refractivity contribution in [3.05, 3.63) is 58.9 Å². The minimum absolute atomic E-state index is 0.0157. The highest BCUT2D eigenvalue weighted by Gasteiger charge is 2.15. The molecule has 5 nitrogen and oxygen atoms in total. The number of carbonyl (C=O) groups is 1. The number of amides is 1. The van der Waals surface area contributed by atoms with Crippen LogP contribution in [0.15, 0.2) is 47.6 Å². The Morgan fingerprint density at radius 2 is 1.92 bits per heavy atom. The molecule has 2 aromatic carbocycles. The van der Waals surface area contributed by atoms with Gasteiger partial charge in [0.1, 0.15) is 11.6 Å². The van der Waals surface area contributed by atoms with Gasteiger partial charge in [-0.15, -0.1) is 0 Å². The fourth-order valence-corrected chi connectivity index (χ4v) is 2.01. The zero-order chi connectivity index (χ0) is 19.1. The van der Waals surface area contributed by atoms with Crippen LogP contribution in [-0.4, -0.2) is 24.8 Å². The summed E-state index contributed by atoms with van der Waals surface area (Å²) in [5, 5.41) is 6.21. The molecule has 2 rings (SSSR count). The minimum atomic E-state index is -2.90. The highest BCUT2D eigenvalue weighted by Crippen LogP contribution is 2.22. The zero-order valence-corrected chi connectivity index (χ0v) is 14.2. The quantitative estimate of drug-likeness (QED) is 0.564. The number of hydrogen-bond donors (Lipinski definition) is 1. The predicted octanol–water partition coefficient (Wildman–Crippen LogP) is 4.46. The second-order valence-corrected chi connectivity index (χ2v) is 5.45. The molecule has 0 unspecified atom stereocenters. The number of alkyl halides is 2. The van der Waals surface area contributed by atoms with Crippen LogP contribution in [0.1, 0.15) is 12.5 Å². The smallest absolute Gasteiger partial charge is 0.387 e. The van der Waals surface area contributed by atoms with Crippen LogP contribution in [0, 0.1) is 5.82 Å². The monoisotopic (exact) mass is 386 g/mol. The maximum atomic E-state index is 13.0. The standard InChI is InChI=1S/C17H14ClF3N2O3/c1-10(16(24)23-15-7-4-12(19)8-14(15)18)26-22-9-11-2-5-13(6-3-11)25-17(20)21/h2-10,17H,1H3,(H,23,24)/b22-9-/t10-/m1/s1. The van der Waals surface area contributed by atoms with Crippen LogP contribution in [0.4, 0.5) is 18.9 Å².